The largest absolute Gasteiger partial charge is 0.326 e. The number of fused-ring (bicyclic) bond motifs is 1. The number of hydrogen-bond donors (Lipinski definition) is 1. The van der Waals surface area contributed by atoms with E-state index in [1.165, 1.54) is 0 Å². The second-order valence-corrected chi connectivity index (χ2v) is 3.45. The minimum absolute atomic E-state index is 0.443. The Bertz CT molecular complexity index is 482. The molecule has 0 radical (unpaired) electrons. The Balaban J connectivity index is 2.81. The summed E-state index contributed by atoms with van der Waals surface area (Å²) >= 11 is 5.90. The molecule has 0 saturated heterocycles. The molecule has 0 fully saturated rings. The highest BCUT2D eigenvalue weighted by atomic mass is 35.5. The molecule has 0 aliphatic carbocycles. The van der Waals surface area contributed by atoms with E-state index in [1.807, 2.05) is 25.1 Å². The van der Waals surface area contributed by atoms with Crippen LogP contribution in [0.4, 0.5) is 0 Å². The fourth-order valence-corrected chi connectivity index (χ4v) is 1.49. The van der Waals surface area contributed by atoms with Gasteiger partial charge in [0.15, 0.2) is 5.15 Å². The van der Waals surface area contributed by atoms with E-state index in [1.54, 1.807) is 0 Å². The van der Waals surface area contributed by atoms with Crippen molar-refractivity contribution < 1.29 is 0 Å². The Kier molecular flexibility index (Phi) is 2.35. The zero-order valence-corrected chi connectivity index (χ0v) is 8.54. The molecule has 0 aliphatic heterocycles. The lowest BCUT2D eigenvalue weighted by Crippen LogP contribution is -2.00. The van der Waals surface area contributed by atoms with Crippen LogP contribution in [0, 0.1) is 6.92 Å². The van der Waals surface area contributed by atoms with Crippen LogP contribution in [0.3, 0.4) is 0 Å². The smallest absolute Gasteiger partial charge is 0.150 e. The fourth-order valence-electron chi connectivity index (χ4n) is 1.37. The molecule has 1 aromatic carbocycles. The van der Waals surface area contributed by atoms with Crippen molar-refractivity contribution >= 4 is 22.6 Å². The predicted molar refractivity (Wildman–Crippen MR) is 57.2 cm³/mol. The van der Waals surface area contributed by atoms with Crippen LogP contribution in [0.1, 0.15) is 11.3 Å². The molecule has 1 aromatic heterocycles. The van der Waals surface area contributed by atoms with E-state index in [2.05, 4.69) is 9.97 Å². The number of para-hydroxylation sites is 1. The van der Waals surface area contributed by atoms with Crippen molar-refractivity contribution in [2.45, 2.75) is 13.5 Å². The molecule has 2 N–H and O–H groups in total. The van der Waals surface area contributed by atoms with Crippen LogP contribution in [0.15, 0.2) is 18.2 Å². The van der Waals surface area contributed by atoms with Crippen LogP contribution in [0.25, 0.3) is 11.0 Å². The van der Waals surface area contributed by atoms with Gasteiger partial charge in [0.25, 0.3) is 0 Å². The van der Waals surface area contributed by atoms with E-state index in [9.17, 15) is 0 Å². The van der Waals surface area contributed by atoms with E-state index in [0.29, 0.717) is 11.7 Å². The third kappa shape index (κ3) is 1.45. The van der Waals surface area contributed by atoms with E-state index in [4.69, 9.17) is 17.3 Å². The Morgan fingerprint density at radius 2 is 2.14 bits per heavy atom. The van der Waals surface area contributed by atoms with Crippen LogP contribution in [-0.4, -0.2) is 9.97 Å². The molecule has 0 amide bonds. The molecule has 4 heteroatoms. The zero-order valence-electron chi connectivity index (χ0n) is 7.79. The molecule has 0 atom stereocenters. The number of nitrogens with two attached hydrogens (primary N) is 1. The van der Waals surface area contributed by atoms with Crippen molar-refractivity contribution in [3.8, 4) is 0 Å². The molecule has 2 aromatic rings. The average molecular weight is 208 g/mol. The van der Waals surface area contributed by atoms with Gasteiger partial charge < -0.3 is 5.73 Å². The maximum atomic E-state index is 5.90. The van der Waals surface area contributed by atoms with Crippen LogP contribution in [0.2, 0.25) is 5.15 Å². The highest BCUT2D eigenvalue weighted by Crippen LogP contribution is 2.19. The summed E-state index contributed by atoms with van der Waals surface area (Å²) in [5, 5.41) is 0.443. The summed E-state index contributed by atoms with van der Waals surface area (Å²) in [5.41, 5.74) is 8.95. The van der Waals surface area contributed by atoms with Gasteiger partial charge in [0, 0.05) is 6.54 Å². The highest BCUT2D eigenvalue weighted by molar-refractivity contribution is 6.30. The van der Waals surface area contributed by atoms with E-state index >= 15 is 0 Å². The van der Waals surface area contributed by atoms with Gasteiger partial charge in [-0.1, -0.05) is 23.7 Å². The quantitative estimate of drug-likeness (QED) is 0.779. The van der Waals surface area contributed by atoms with Gasteiger partial charge in [0.05, 0.1) is 16.7 Å². The summed E-state index contributed by atoms with van der Waals surface area (Å²) in [6.07, 6.45) is 0. The lowest BCUT2D eigenvalue weighted by Gasteiger charge is -2.04. The molecule has 3 nitrogen and oxygen atoms in total. The summed E-state index contributed by atoms with van der Waals surface area (Å²) in [6, 6.07) is 5.76. The maximum absolute atomic E-state index is 5.90. The van der Waals surface area contributed by atoms with Gasteiger partial charge in [-0.05, 0) is 18.6 Å². The number of benzene rings is 1. The minimum atomic E-state index is 0.443. The number of aryl methyl sites for hydroxylation is 1. The Labute approximate surface area is 86.9 Å². The molecule has 0 spiro atoms. The molecule has 14 heavy (non-hydrogen) atoms. The summed E-state index contributed by atoms with van der Waals surface area (Å²) in [5.74, 6) is 0. The molecule has 0 unspecified atom stereocenters. The highest BCUT2D eigenvalue weighted by Gasteiger charge is 2.05. The van der Waals surface area contributed by atoms with Gasteiger partial charge in [0.2, 0.25) is 0 Å². The van der Waals surface area contributed by atoms with Crippen LogP contribution in [0.5, 0.6) is 0 Å². The first-order valence-electron chi connectivity index (χ1n) is 4.34. The molecule has 2 rings (SSSR count). The number of rotatable bonds is 1. The number of nitrogens with zero attached hydrogens (tertiary/aromatic N) is 2. The van der Waals surface area contributed by atoms with Crippen molar-refractivity contribution in [1.82, 2.24) is 9.97 Å². The molecular formula is C10H10ClN3. The summed E-state index contributed by atoms with van der Waals surface area (Å²) < 4.78 is 0. The van der Waals surface area contributed by atoms with Crippen molar-refractivity contribution in [3.63, 3.8) is 0 Å². The minimum Gasteiger partial charge on any atom is -0.326 e. The summed E-state index contributed by atoms with van der Waals surface area (Å²) in [6.45, 7) is 2.29. The monoisotopic (exact) mass is 207 g/mol. The second kappa shape index (κ2) is 3.52. The lowest BCUT2D eigenvalue weighted by atomic mass is 10.2. The predicted octanol–water partition coefficient (Wildman–Crippen LogP) is 2.05. The number of hydrogen-bond acceptors (Lipinski definition) is 3. The Morgan fingerprint density at radius 3 is 2.86 bits per heavy atom. The molecule has 72 valence electrons. The first-order chi connectivity index (χ1) is 6.72. The summed E-state index contributed by atoms with van der Waals surface area (Å²) in [4.78, 5) is 8.60. The summed E-state index contributed by atoms with van der Waals surface area (Å²) in [7, 11) is 0. The molecule has 0 saturated carbocycles. The van der Waals surface area contributed by atoms with Gasteiger partial charge in [-0.25, -0.2) is 9.97 Å². The van der Waals surface area contributed by atoms with E-state index < -0.39 is 0 Å². The Hall–Kier alpha value is -1.19. The zero-order chi connectivity index (χ0) is 10.1. The SMILES string of the molecule is Cc1nc2cccc(CN)c2nc1Cl. The van der Waals surface area contributed by atoms with Crippen molar-refractivity contribution in [2.24, 2.45) is 5.73 Å². The van der Waals surface area contributed by atoms with Gasteiger partial charge in [-0.2, -0.15) is 0 Å². The average Bonchev–Trinajstić information content (AvgIpc) is 2.19. The Morgan fingerprint density at radius 1 is 1.36 bits per heavy atom. The van der Waals surface area contributed by atoms with Gasteiger partial charge in [-0.15, -0.1) is 0 Å². The van der Waals surface area contributed by atoms with E-state index in [0.717, 1.165) is 22.3 Å². The topological polar surface area (TPSA) is 51.8 Å². The fraction of sp³-hybridized carbons (Fsp3) is 0.200. The van der Waals surface area contributed by atoms with E-state index in [-0.39, 0.29) is 0 Å². The molecule has 1 heterocycles. The molecule has 0 aliphatic rings. The third-order valence-corrected chi connectivity index (χ3v) is 2.47. The standard InChI is InChI=1S/C10H10ClN3/c1-6-10(11)14-9-7(5-12)3-2-4-8(9)13-6/h2-4H,5,12H2,1H3. The maximum Gasteiger partial charge on any atom is 0.150 e. The molecule has 0 bridgehead atoms. The van der Waals surface area contributed by atoms with Crippen molar-refractivity contribution in [3.05, 3.63) is 34.6 Å². The van der Waals surface area contributed by atoms with Crippen LogP contribution >= 0.6 is 11.6 Å². The van der Waals surface area contributed by atoms with Gasteiger partial charge in [-0.3, -0.25) is 0 Å². The number of halogens is 1. The first kappa shape index (κ1) is 9.37. The second-order valence-electron chi connectivity index (χ2n) is 3.09. The molecular weight excluding hydrogens is 198 g/mol. The van der Waals surface area contributed by atoms with Gasteiger partial charge in [0.1, 0.15) is 0 Å². The third-order valence-electron chi connectivity index (χ3n) is 2.11. The van der Waals surface area contributed by atoms with Crippen LogP contribution < -0.4 is 5.73 Å². The first-order valence-corrected chi connectivity index (χ1v) is 4.72. The normalized spacial score (nSPS) is 10.8. The number of aromatic nitrogens is 2. The van der Waals surface area contributed by atoms with Crippen molar-refractivity contribution in [1.29, 1.82) is 0 Å². The van der Waals surface area contributed by atoms with Gasteiger partial charge >= 0.3 is 0 Å². The van der Waals surface area contributed by atoms with Crippen molar-refractivity contribution in [2.75, 3.05) is 0 Å². The van der Waals surface area contributed by atoms with Crippen LogP contribution in [-0.2, 0) is 6.54 Å². The lowest BCUT2D eigenvalue weighted by molar-refractivity contribution is 1.07.